The lowest BCUT2D eigenvalue weighted by Gasteiger charge is -2.35. The van der Waals surface area contributed by atoms with Gasteiger partial charge >= 0.3 is 0 Å². The maximum Gasteiger partial charge on any atom is 0.269 e. The van der Waals surface area contributed by atoms with Crippen molar-refractivity contribution in [3.63, 3.8) is 0 Å². The van der Waals surface area contributed by atoms with E-state index in [9.17, 15) is 14.9 Å². The molecule has 0 aliphatic carbocycles. The molecule has 0 N–H and O–H groups in total. The lowest BCUT2D eigenvalue weighted by atomic mass is 10.0. The number of aromatic nitrogens is 2. The number of carbonyl (C=O) groups excluding carboxylic acids is 1. The summed E-state index contributed by atoms with van der Waals surface area (Å²) in [6.07, 6.45) is 4.69. The van der Waals surface area contributed by atoms with Gasteiger partial charge in [0.25, 0.3) is 5.69 Å². The lowest BCUT2D eigenvalue weighted by molar-refractivity contribution is -0.384. The van der Waals surface area contributed by atoms with Crippen LogP contribution in [0.1, 0.15) is 18.4 Å². The van der Waals surface area contributed by atoms with Crippen molar-refractivity contribution in [2.75, 3.05) is 39.3 Å². The molecule has 9 heteroatoms. The Hall–Kier alpha value is -3.56. The molecule has 1 unspecified atom stereocenters. The summed E-state index contributed by atoms with van der Waals surface area (Å²) in [4.78, 5) is 28.2. The highest BCUT2D eigenvalue weighted by molar-refractivity contribution is 5.81. The van der Waals surface area contributed by atoms with E-state index in [0.717, 1.165) is 55.9 Å². The van der Waals surface area contributed by atoms with Crippen LogP contribution in [0.15, 0.2) is 60.8 Å². The molecule has 9 nitrogen and oxygen atoms in total. The molecule has 3 aromatic rings. The molecular weight excluding hydrogens is 446 g/mol. The predicted octanol–water partition coefficient (Wildman–Crippen LogP) is 3.31. The van der Waals surface area contributed by atoms with E-state index in [-0.39, 0.29) is 18.0 Å². The highest BCUT2D eigenvalue weighted by Crippen LogP contribution is 2.27. The number of rotatable bonds is 7. The van der Waals surface area contributed by atoms with Crippen LogP contribution < -0.4 is 0 Å². The second-order valence-corrected chi connectivity index (χ2v) is 9.08. The minimum atomic E-state index is -0.421. The number of hydrogen-bond donors (Lipinski definition) is 0. The smallest absolute Gasteiger partial charge is 0.269 e. The number of piperazine rings is 1. The second kappa shape index (κ2) is 10.4. The third kappa shape index (κ3) is 5.41. The van der Waals surface area contributed by atoms with E-state index in [1.807, 2.05) is 41.4 Å². The van der Waals surface area contributed by atoms with Gasteiger partial charge in [0.2, 0.25) is 5.91 Å². The van der Waals surface area contributed by atoms with Gasteiger partial charge in [0, 0.05) is 68.8 Å². The fraction of sp³-hybridized carbons (Fsp3) is 0.385. The Morgan fingerprint density at radius 3 is 2.46 bits per heavy atom. The first-order chi connectivity index (χ1) is 17.1. The summed E-state index contributed by atoms with van der Waals surface area (Å²) < 4.78 is 7.52. The van der Waals surface area contributed by atoms with Gasteiger partial charge in [0.05, 0.1) is 28.8 Å². The number of benzene rings is 2. The number of amides is 1. The summed E-state index contributed by atoms with van der Waals surface area (Å²) in [5, 5.41) is 15.8. The van der Waals surface area contributed by atoms with Crippen molar-refractivity contribution in [1.82, 2.24) is 19.6 Å². The van der Waals surface area contributed by atoms with Crippen molar-refractivity contribution in [3.8, 4) is 16.9 Å². The Morgan fingerprint density at radius 2 is 1.80 bits per heavy atom. The molecule has 2 aromatic carbocycles. The fourth-order valence-electron chi connectivity index (χ4n) is 4.77. The number of carbonyl (C=O) groups is 1. The van der Waals surface area contributed by atoms with E-state index in [4.69, 9.17) is 9.84 Å². The van der Waals surface area contributed by atoms with Gasteiger partial charge in [0.15, 0.2) is 0 Å². The summed E-state index contributed by atoms with van der Waals surface area (Å²) in [7, 11) is 0. The van der Waals surface area contributed by atoms with E-state index in [1.54, 1.807) is 16.8 Å². The van der Waals surface area contributed by atoms with E-state index in [1.165, 1.54) is 12.1 Å². The highest BCUT2D eigenvalue weighted by Gasteiger charge is 2.26. The topological polar surface area (TPSA) is 93.7 Å². The zero-order valence-corrected chi connectivity index (χ0v) is 19.6. The lowest BCUT2D eigenvalue weighted by Crippen LogP contribution is -2.50. The predicted molar refractivity (Wildman–Crippen MR) is 131 cm³/mol. The van der Waals surface area contributed by atoms with Crippen LogP contribution in [-0.2, 0) is 16.0 Å². The minimum Gasteiger partial charge on any atom is -0.377 e. The van der Waals surface area contributed by atoms with Crippen molar-refractivity contribution in [1.29, 1.82) is 0 Å². The van der Waals surface area contributed by atoms with Crippen LogP contribution in [0.3, 0.4) is 0 Å². The van der Waals surface area contributed by atoms with Gasteiger partial charge in [-0.2, -0.15) is 5.10 Å². The molecule has 2 aliphatic heterocycles. The summed E-state index contributed by atoms with van der Waals surface area (Å²) in [5.41, 5.74) is 3.12. The SMILES string of the molecule is O=C(Cc1cn(-c2ccccc2)nc1-c1ccc([N+](=O)[O-])cc1)N1CCN(CC2CCCO2)CC1. The van der Waals surface area contributed by atoms with Gasteiger partial charge in [-0.25, -0.2) is 4.68 Å². The average Bonchev–Trinajstić information content (AvgIpc) is 3.55. The molecule has 2 saturated heterocycles. The van der Waals surface area contributed by atoms with Crippen molar-refractivity contribution in [3.05, 3.63) is 76.5 Å². The first kappa shape index (κ1) is 23.2. The van der Waals surface area contributed by atoms with Gasteiger partial charge in [0.1, 0.15) is 0 Å². The molecule has 182 valence electrons. The molecule has 1 atom stereocenters. The fourth-order valence-corrected chi connectivity index (χ4v) is 4.77. The largest absolute Gasteiger partial charge is 0.377 e. The molecular formula is C26H29N5O4. The quantitative estimate of drug-likeness (QED) is 0.384. The molecule has 0 spiro atoms. The molecule has 0 bridgehead atoms. The van der Waals surface area contributed by atoms with Crippen molar-refractivity contribution >= 4 is 11.6 Å². The van der Waals surface area contributed by atoms with Gasteiger partial charge in [-0.1, -0.05) is 18.2 Å². The Kier molecular flexibility index (Phi) is 6.87. The van der Waals surface area contributed by atoms with Crippen LogP contribution in [0.2, 0.25) is 0 Å². The van der Waals surface area contributed by atoms with E-state index < -0.39 is 4.92 Å². The van der Waals surface area contributed by atoms with Gasteiger partial charge < -0.3 is 9.64 Å². The molecule has 0 saturated carbocycles. The Balaban J connectivity index is 1.32. The number of nitro groups is 1. The highest BCUT2D eigenvalue weighted by atomic mass is 16.6. The number of nitrogens with zero attached hydrogens (tertiary/aromatic N) is 5. The second-order valence-electron chi connectivity index (χ2n) is 9.08. The number of ether oxygens (including phenoxy) is 1. The van der Waals surface area contributed by atoms with Crippen LogP contribution >= 0.6 is 0 Å². The van der Waals surface area contributed by atoms with E-state index in [2.05, 4.69) is 4.90 Å². The zero-order valence-electron chi connectivity index (χ0n) is 19.6. The molecule has 3 heterocycles. The summed E-state index contributed by atoms with van der Waals surface area (Å²) >= 11 is 0. The Morgan fingerprint density at radius 1 is 1.06 bits per heavy atom. The zero-order chi connectivity index (χ0) is 24.2. The maximum atomic E-state index is 13.2. The number of nitro benzene ring substituents is 1. The molecule has 1 amide bonds. The van der Waals surface area contributed by atoms with Gasteiger partial charge in [-0.15, -0.1) is 0 Å². The van der Waals surface area contributed by atoms with Crippen LogP contribution in [0.4, 0.5) is 5.69 Å². The summed E-state index contributed by atoms with van der Waals surface area (Å²) in [6.45, 7) is 4.90. The molecule has 35 heavy (non-hydrogen) atoms. The van der Waals surface area contributed by atoms with Crippen LogP contribution in [0, 0.1) is 10.1 Å². The van der Waals surface area contributed by atoms with Crippen molar-refractivity contribution < 1.29 is 14.5 Å². The van der Waals surface area contributed by atoms with Crippen molar-refractivity contribution in [2.24, 2.45) is 0 Å². The van der Waals surface area contributed by atoms with E-state index >= 15 is 0 Å². The number of para-hydroxylation sites is 1. The molecule has 5 rings (SSSR count). The Bertz CT molecular complexity index is 1160. The van der Waals surface area contributed by atoms with Gasteiger partial charge in [-0.3, -0.25) is 19.8 Å². The summed E-state index contributed by atoms with van der Waals surface area (Å²) in [6, 6.07) is 16.0. The number of hydrogen-bond acceptors (Lipinski definition) is 6. The third-order valence-electron chi connectivity index (χ3n) is 6.71. The van der Waals surface area contributed by atoms with Gasteiger partial charge in [-0.05, 0) is 37.1 Å². The summed E-state index contributed by atoms with van der Waals surface area (Å²) in [5.74, 6) is 0.0672. The molecule has 2 aliphatic rings. The third-order valence-corrected chi connectivity index (χ3v) is 6.71. The first-order valence-electron chi connectivity index (χ1n) is 12.1. The monoisotopic (exact) mass is 475 g/mol. The maximum absolute atomic E-state index is 13.2. The molecule has 0 radical (unpaired) electrons. The molecule has 2 fully saturated rings. The standard InChI is InChI=1S/C26H29N5O4/c32-25(29-14-12-28(13-15-29)19-24-7-4-16-35-24)17-21-18-30(22-5-2-1-3-6-22)27-26(21)20-8-10-23(11-9-20)31(33)34/h1-3,5-6,8-11,18,24H,4,7,12-17,19H2. The first-order valence-corrected chi connectivity index (χ1v) is 12.1. The van der Waals surface area contributed by atoms with Crippen LogP contribution in [0.25, 0.3) is 16.9 Å². The Labute approximate surface area is 204 Å². The number of non-ortho nitro benzene ring substituents is 1. The van der Waals surface area contributed by atoms with Crippen LogP contribution in [0.5, 0.6) is 0 Å². The van der Waals surface area contributed by atoms with E-state index in [0.29, 0.717) is 24.9 Å². The molecule has 1 aromatic heterocycles. The normalized spacial score (nSPS) is 18.6. The average molecular weight is 476 g/mol. The minimum absolute atomic E-state index is 0.0229. The van der Waals surface area contributed by atoms with Crippen LogP contribution in [-0.4, -0.2) is 75.8 Å². The van der Waals surface area contributed by atoms with Crippen molar-refractivity contribution in [2.45, 2.75) is 25.4 Å².